The maximum absolute atomic E-state index is 13.3. The van der Waals surface area contributed by atoms with E-state index in [2.05, 4.69) is 41.2 Å². The minimum Gasteiger partial charge on any atom is -0.278 e. The molecule has 0 fully saturated rings. The first kappa shape index (κ1) is 13.9. The number of aromatic amines is 1. The monoisotopic (exact) mass is 305 g/mol. The molecule has 0 unspecified atom stereocenters. The first-order valence-electron chi connectivity index (χ1n) is 7.65. The molecule has 0 aliphatic carbocycles. The summed E-state index contributed by atoms with van der Waals surface area (Å²) in [5, 5.41) is 10.3. The Morgan fingerprint density at radius 1 is 1.00 bits per heavy atom. The van der Waals surface area contributed by atoms with Crippen LogP contribution in [0.4, 0.5) is 4.39 Å². The second kappa shape index (κ2) is 5.16. The highest BCUT2D eigenvalue weighted by atomic mass is 19.1. The molecule has 0 aliphatic heterocycles. The third-order valence-corrected chi connectivity index (χ3v) is 4.16. The summed E-state index contributed by atoms with van der Waals surface area (Å²) in [5.74, 6) is 0.0461. The molecule has 2 aromatic carbocycles. The smallest absolute Gasteiger partial charge is 0.123 e. The number of nitrogens with one attached hydrogen (secondary N) is 1. The van der Waals surface area contributed by atoms with Gasteiger partial charge in [-0.15, -0.1) is 0 Å². The Bertz CT molecular complexity index is 1000. The van der Waals surface area contributed by atoms with Gasteiger partial charge in [-0.2, -0.15) is 5.10 Å². The number of hydrogen-bond acceptors (Lipinski definition) is 2. The maximum Gasteiger partial charge on any atom is 0.123 e. The van der Waals surface area contributed by atoms with E-state index in [1.165, 1.54) is 12.1 Å². The highest BCUT2D eigenvalue weighted by Gasteiger charge is 2.15. The minimum absolute atomic E-state index is 0.231. The first-order valence-corrected chi connectivity index (χ1v) is 7.65. The molecule has 0 spiro atoms. The fraction of sp³-hybridized carbons (Fsp3) is 0.158. The van der Waals surface area contributed by atoms with Gasteiger partial charge < -0.3 is 0 Å². The second-order valence-corrected chi connectivity index (χ2v) is 6.08. The van der Waals surface area contributed by atoms with E-state index >= 15 is 0 Å². The number of halogens is 1. The van der Waals surface area contributed by atoms with Crippen LogP contribution in [-0.2, 0) is 0 Å². The zero-order valence-corrected chi connectivity index (χ0v) is 13.0. The first-order chi connectivity index (χ1) is 11.1. The van der Waals surface area contributed by atoms with Crippen molar-refractivity contribution in [2.75, 3.05) is 0 Å². The van der Waals surface area contributed by atoms with Gasteiger partial charge in [-0.05, 0) is 41.1 Å². The Morgan fingerprint density at radius 3 is 2.52 bits per heavy atom. The summed E-state index contributed by atoms with van der Waals surface area (Å²) in [6.45, 7) is 4.25. The fourth-order valence-electron chi connectivity index (χ4n) is 3.03. The van der Waals surface area contributed by atoms with Crippen molar-refractivity contribution >= 4 is 21.7 Å². The predicted octanol–water partition coefficient (Wildman–Crippen LogP) is 5.04. The number of aromatic nitrogens is 3. The van der Waals surface area contributed by atoms with Crippen molar-refractivity contribution in [2.24, 2.45) is 0 Å². The summed E-state index contributed by atoms with van der Waals surface area (Å²) in [7, 11) is 0. The lowest BCUT2D eigenvalue weighted by Gasteiger charge is -2.15. The summed E-state index contributed by atoms with van der Waals surface area (Å²) in [4.78, 5) is 4.67. The molecule has 0 atom stereocenters. The number of pyridine rings is 1. The van der Waals surface area contributed by atoms with E-state index in [1.807, 2.05) is 24.5 Å². The molecule has 4 heteroatoms. The van der Waals surface area contributed by atoms with Crippen molar-refractivity contribution < 1.29 is 4.39 Å². The quantitative estimate of drug-likeness (QED) is 0.563. The minimum atomic E-state index is -0.231. The molecule has 2 heterocycles. The molecule has 0 amide bonds. The summed E-state index contributed by atoms with van der Waals surface area (Å²) in [5.41, 5.74) is 4.06. The normalized spacial score (nSPS) is 11.7. The Balaban J connectivity index is 2.11. The van der Waals surface area contributed by atoms with Gasteiger partial charge in [0, 0.05) is 22.5 Å². The van der Waals surface area contributed by atoms with Crippen LogP contribution in [0.15, 0.2) is 48.8 Å². The second-order valence-electron chi connectivity index (χ2n) is 6.08. The molecule has 0 saturated heterocycles. The van der Waals surface area contributed by atoms with E-state index in [0.717, 1.165) is 38.5 Å². The average Bonchev–Trinajstić information content (AvgIpc) is 2.99. The Labute approximate surface area is 133 Å². The van der Waals surface area contributed by atoms with E-state index in [9.17, 15) is 4.39 Å². The maximum atomic E-state index is 13.3. The van der Waals surface area contributed by atoms with Gasteiger partial charge >= 0.3 is 0 Å². The molecule has 0 saturated carbocycles. The highest BCUT2D eigenvalue weighted by Crippen LogP contribution is 2.36. The van der Waals surface area contributed by atoms with Gasteiger partial charge in [0.2, 0.25) is 0 Å². The fourth-order valence-corrected chi connectivity index (χ4v) is 3.03. The zero-order chi connectivity index (χ0) is 16.0. The summed E-state index contributed by atoms with van der Waals surface area (Å²) in [6, 6.07) is 10.8. The molecule has 2 aromatic heterocycles. The van der Waals surface area contributed by atoms with Gasteiger partial charge in [-0.1, -0.05) is 26.0 Å². The van der Waals surface area contributed by atoms with Crippen LogP contribution < -0.4 is 0 Å². The van der Waals surface area contributed by atoms with E-state index in [-0.39, 0.29) is 11.7 Å². The lowest BCUT2D eigenvalue weighted by molar-refractivity contribution is 0.628. The van der Waals surface area contributed by atoms with Crippen molar-refractivity contribution in [1.29, 1.82) is 0 Å². The number of nitrogens with zero attached hydrogens (tertiary/aromatic N) is 2. The molecule has 114 valence electrons. The molecule has 23 heavy (non-hydrogen) atoms. The highest BCUT2D eigenvalue weighted by molar-refractivity contribution is 6.04. The number of fused-ring (bicyclic) bond motifs is 2. The molecule has 4 rings (SSSR count). The lowest BCUT2D eigenvalue weighted by Crippen LogP contribution is -1.98. The summed E-state index contributed by atoms with van der Waals surface area (Å²) >= 11 is 0. The predicted molar refractivity (Wildman–Crippen MR) is 90.9 cm³/mol. The molecule has 0 aliphatic rings. The largest absolute Gasteiger partial charge is 0.278 e. The van der Waals surface area contributed by atoms with Crippen LogP contribution >= 0.6 is 0 Å². The van der Waals surface area contributed by atoms with Crippen molar-refractivity contribution in [2.45, 2.75) is 19.8 Å². The van der Waals surface area contributed by atoms with Gasteiger partial charge in [0.05, 0.1) is 17.4 Å². The number of rotatable bonds is 2. The molecule has 0 bridgehead atoms. The molecular weight excluding hydrogens is 289 g/mol. The van der Waals surface area contributed by atoms with Gasteiger partial charge in [0.1, 0.15) is 5.82 Å². The van der Waals surface area contributed by atoms with Crippen LogP contribution in [0.2, 0.25) is 0 Å². The molecular formula is C19H16FN3. The molecule has 1 N–H and O–H groups in total. The van der Waals surface area contributed by atoms with Crippen LogP contribution in [0.25, 0.3) is 32.8 Å². The SMILES string of the molecule is CC(C)c1ncc2cc3[nH]ncc3cc2c1-c1ccc(F)cc1. The van der Waals surface area contributed by atoms with Crippen molar-refractivity contribution in [1.82, 2.24) is 15.2 Å². The third kappa shape index (κ3) is 2.27. The summed E-state index contributed by atoms with van der Waals surface area (Å²) < 4.78 is 13.3. The van der Waals surface area contributed by atoms with Crippen molar-refractivity contribution in [3.8, 4) is 11.1 Å². The topological polar surface area (TPSA) is 41.6 Å². The molecule has 3 nitrogen and oxygen atoms in total. The van der Waals surface area contributed by atoms with Gasteiger partial charge in [0.25, 0.3) is 0 Å². The Kier molecular flexibility index (Phi) is 3.11. The van der Waals surface area contributed by atoms with E-state index in [0.29, 0.717) is 0 Å². The molecule has 4 aromatic rings. The van der Waals surface area contributed by atoms with Crippen molar-refractivity contribution in [3.63, 3.8) is 0 Å². The van der Waals surface area contributed by atoms with Crippen LogP contribution in [0.3, 0.4) is 0 Å². The van der Waals surface area contributed by atoms with Gasteiger partial charge in [-0.25, -0.2) is 4.39 Å². The molecule has 0 radical (unpaired) electrons. The van der Waals surface area contributed by atoms with Gasteiger partial charge in [0.15, 0.2) is 0 Å². The standard InChI is InChI=1S/C19H16FN3/c1-11(2)19-18(12-3-5-15(20)6-4-12)16-7-14-10-22-23-17(14)8-13(16)9-21-19/h3-11H,1-2H3,(H,22,23). The third-order valence-electron chi connectivity index (χ3n) is 4.16. The van der Waals surface area contributed by atoms with E-state index in [4.69, 9.17) is 0 Å². The van der Waals surface area contributed by atoms with Crippen LogP contribution in [-0.4, -0.2) is 15.2 Å². The Morgan fingerprint density at radius 2 is 1.78 bits per heavy atom. The number of hydrogen-bond donors (Lipinski definition) is 1. The summed E-state index contributed by atoms with van der Waals surface area (Å²) in [6.07, 6.45) is 3.72. The van der Waals surface area contributed by atoms with Crippen LogP contribution in [0.1, 0.15) is 25.5 Å². The average molecular weight is 305 g/mol. The van der Waals surface area contributed by atoms with E-state index < -0.39 is 0 Å². The number of H-pyrrole nitrogens is 1. The zero-order valence-electron chi connectivity index (χ0n) is 13.0. The lowest BCUT2D eigenvalue weighted by atomic mass is 9.92. The van der Waals surface area contributed by atoms with Crippen LogP contribution in [0.5, 0.6) is 0 Å². The number of benzene rings is 2. The van der Waals surface area contributed by atoms with E-state index in [1.54, 1.807) is 0 Å². The van der Waals surface area contributed by atoms with Crippen molar-refractivity contribution in [3.05, 3.63) is 60.3 Å². The Hall–Kier alpha value is -2.75. The van der Waals surface area contributed by atoms with Gasteiger partial charge in [-0.3, -0.25) is 10.1 Å². The van der Waals surface area contributed by atoms with Crippen LogP contribution in [0, 0.1) is 5.82 Å².